The van der Waals surface area contributed by atoms with Crippen molar-refractivity contribution in [1.29, 1.82) is 0 Å². The van der Waals surface area contributed by atoms with E-state index in [4.69, 9.17) is 21.1 Å². The van der Waals surface area contributed by atoms with E-state index in [9.17, 15) is 4.79 Å². The summed E-state index contributed by atoms with van der Waals surface area (Å²) in [7, 11) is 3.08. The number of hydrogen-bond donors (Lipinski definition) is 1. The number of carbonyl (C=O) groups is 1. The van der Waals surface area contributed by atoms with Gasteiger partial charge in [0.05, 0.1) is 19.2 Å². The molecule has 2 rings (SSSR count). The van der Waals surface area contributed by atoms with Crippen LogP contribution in [0, 0.1) is 5.92 Å². The number of rotatable bonds is 6. The van der Waals surface area contributed by atoms with Crippen molar-refractivity contribution in [2.45, 2.75) is 25.8 Å². The van der Waals surface area contributed by atoms with Crippen molar-refractivity contribution in [3.05, 3.63) is 28.8 Å². The number of methoxy groups -OCH3 is 2. The second-order valence-corrected chi connectivity index (χ2v) is 5.61. The highest BCUT2D eigenvalue weighted by molar-refractivity contribution is 6.32. The van der Waals surface area contributed by atoms with Gasteiger partial charge in [-0.2, -0.15) is 0 Å². The molecule has 1 amide bonds. The molecule has 4 nitrogen and oxygen atoms in total. The van der Waals surface area contributed by atoms with E-state index in [-0.39, 0.29) is 11.9 Å². The number of nitrogens with one attached hydrogen (secondary N) is 1. The Morgan fingerprint density at radius 3 is 2.67 bits per heavy atom. The van der Waals surface area contributed by atoms with Gasteiger partial charge in [0.1, 0.15) is 0 Å². The maximum Gasteiger partial charge on any atom is 0.244 e. The minimum atomic E-state index is -0.0969. The van der Waals surface area contributed by atoms with E-state index in [1.54, 1.807) is 25.3 Å². The van der Waals surface area contributed by atoms with Gasteiger partial charge in [-0.3, -0.25) is 4.79 Å². The van der Waals surface area contributed by atoms with Crippen molar-refractivity contribution in [3.8, 4) is 11.5 Å². The summed E-state index contributed by atoms with van der Waals surface area (Å²) >= 11 is 6.12. The fraction of sp³-hybridized carbons (Fsp3) is 0.438. The third-order valence-corrected chi connectivity index (χ3v) is 3.86. The fourth-order valence-electron chi connectivity index (χ4n) is 2.19. The Labute approximate surface area is 130 Å². The van der Waals surface area contributed by atoms with Gasteiger partial charge in [0.15, 0.2) is 11.5 Å². The topological polar surface area (TPSA) is 47.6 Å². The van der Waals surface area contributed by atoms with Crippen LogP contribution in [-0.2, 0) is 4.79 Å². The van der Waals surface area contributed by atoms with Gasteiger partial charge >= 0.3 is 0 Å². The molecular formula is C16H20ClNO3. The highest BCUT2D eigenvalue weighted by atomic mass is 35.5. The first-order valence-corrected chi connectivity index (χ1v) is 7.33. The Bertz CT molecular complexity index is 553. The molecule has 1 saturated carbocycles. The van der Waals surface area contributed by atoms with Crippen molar-refractivity contribution in [2.24, 2.45) is 5.92 Å². The van der Waals surface area contributed by atoms with Crippen molar-refractivity contribution in [3.63, 3.8) is 0 Å². The Balaban J connectivity index is 2.05. The Morgan fingerprint density at radius 1 is 1.38 bits per heavy atom. The highest BCUT2D eigenvalue weighted by Gasteiger charge is 2.28. The van der Waals surface area contributed by atoms with Gasteiger partial charge in [0.2, 0.25) is 5.91 Å². The van der Waals surface area contributed by atoms with Crippen molar-refractivity contribution >= 4 is 23.6 Å². The van der Waals surface area contributed by atoms with Crippen molar-refractivity contribution in [1.82, 2.24) is 5.32 Å². The molecule has 114 valence electrons. The lowest BCUT2D eigenvalue weighted by atomic mass is 10.1. The molecule has 0 spiro atoms. The standard InChI is InChI=1S/C16H20ClNO3/c1-10(12-5-6-12)18-15(19)7-4-11-8-13(17)16(21-3)14(9-11)20-2/h4,7-10,12H,5-6H2,1-3H3,(H,18,19)/b7-4+. The lowest BCUT2D eigenvalue weighted by Crippen LogP contribution is -2.32. The molecule has 21 heavy (non-hydrogen) atoms. The van der Waals surface area contributed by atoms with E-state index in [2.05, 4.69) is 5.32 Å². The molecule has 0 radical (unpaired) electrons. The number of ether oxygens (including phenoxy) is 2. The predicted molar refractivity (Wildman–Crippen MR) is 83.9 cm³/mol. The number of hydrogen-bond acceptors (Lipinski definition) is 3. The molecule has 0 bridgehead atoms. The first-order valence-electron chi connectivity index (χ1n) is 6.95. The van der Waals surface area contributed by atoms with Crippen LogP contribution in [-0.4, -0.2) is 26.2 Å². The maximum absolute atomic E-state index is 11.8. The summed E-state index contributed by atoms with van der Waals surface area (Å²) in [5.41, 5.74) is 0.784. The van der Waals surface area contributed by atoms with E-state index in [1.165, 1.54) is 26.0 Å². The molecule has 1 fully saturated rings. The molecule has 0 saturated heterocycles. The zero-order valence-electron chi connectivity index (χ0n) is 12.5. The van der Waals surface area contributed by atoms with Gasteiger partial charge in [-0.1, -0.05) is 11.6 Å². The molecule has 5 heteroatoms. The van der Waals surface area contributed by atoms with Crippen molar-refractivity contribution < 1.29 is 14.3 Å². The third kappa shape index (κ3) is 4.14. The molecule has 1 aliphatic carbocycles. The van der Waals surface area contributed by atoms with E-state index < -0.39 is 0 Å². The number of amides is 1. The summed E-state index contributed by atoms with van der Waals surface area (Å²) in [6, 6.07) is 3.74. The molecule has 1 N–H and O–H groups in total. The number of halogens is 1. The summed E-state index contributed by atoms with van der Waals surface area (Å²) in [5, 5.41) is 3.41. The van der Waals surface area contributed by atoms with Crippen LogP contribution in [0.5, 0.6) is 11.5 Å². The zero-order chi connectivity index (χ0) is 15.4. The minimum Gasteiger partial charge on any atom is -0.493 e. The number of benzene rings is 1. The Morgan fingerprint density at radius 2 is 2.10 bits per heavy atom. The van der Waals surface area contributed by atoms with Crippen LogP contribution in [0.3, 0.4) is 0 Å². The van der Waals surface area contributed by atoms with Crippen LogP contribution in [0.2, 0.25) is 5.02 Å². The Hall–Kier alpha value is -1.68. The molecule has 0 heterocycles. The number of carbonyl (C=O) groups excluding carboxylic acids is 1. The third-order valence-electron chi connectivity index (χ3n) is 3.58. The lowest BCUT2D eigenvalue weighted by Gasteiger charge is -2.11. The van der Waals surface area contributed by atoms with Crippen LogP contribution in [0.25, 0.3) is 6.08 Å². The first kappa shape index (κ1) is 15.7. The Kier molecular flexibility index (Phi) is 5.12. The van der Waals surface area contributed by atoms with Crippen molar-refractivity contribution in [2.75, 3.05) is 14.2 Å². The van der Waals surface area contributed by atoms with Crippen LogP contribution < -0.4 is 14.8 Å². The van der Waals surface area contributed by atoms with Gasteiger partial charge in [0, 0.05) is 12.1 Å². The molecule has 1 aliphatic rings. The van der Waals surface area contributed by atoms with E-state index in [0.717, 1.165) is 5.56 Å². The SMILES string of the molecule is COc1cc(/C=C/C(=O)NC(C)C2CC2)cc(Cl)c1OC. The van der Waals surface area contributed by atoms with Gasteiger partial charge < -0.3 is 14.8 Å². The molecule has 0 aromatic heterocycles. The first-order chi connectivity index (χ1) is 10.0. The predicted octanol–water partition coefficient (Wildman–Crippen LogP) is 3.29. The molecule has 1 aromatic rings. The van der Waals surface area contributed by atoms with Crippen LogP contribution in [0.1, 0.15) is 25.3 Å². The normalized spacial score (nSPS) is 15.8. The van der Waals surface area contributed by atoms with Crippen LogP contribution >= 0.6 is 11.6 Å². The van der Waals surface area contributed by atoms with Gasteiger partial charge in [-0.15, -0.1) is 0 Å². The van der Waals surface area contributed by atoms with E-state index in [0.29, 0.717) is 22.4 Å². The van der Waals surface area contributed by atoms with Gasteiger partial charge in [-0.05, 0) is 49.5 Å². The quantitative estimate of drug-likeness (QED) is 0.820. The van der Waals surface area contributed by atoms with Gasteiger partial charge in [0.25, 0.3) is 0 Å². The molecule has 1 atom stereocenters. The van der Waals surface area contributed by atoms with Gasteiger partial charge in [-0.25, -0.2) is 0 Å². The fourth-order valence-corrected chi connectivity index (χ4v) is 2.49. The molecule has 1 aromatic carbocycles. The van der Waals surface area contributed by atoms with Crippen LogP contribution in [0.4, 0.5) is 0 Å². The van der Waals surface area contributed by atoms with Crippen LogP contribution in [0.15, 0.2) is 18.2 Å². The zero-order valence-corrected chi connectivity index (χ0v) is 13.2. The summed E-state index contributed by atoms with van der Waals surface area (Å²) in [4.78, 5) is 11.8. The summed E-state index contributed by atoms with van der Waals surface area (Å²) in [6.45, 7) is 2.04. The van der Waals surface area contributed by atoms with E-state index >= 15 is 0 Å². The van der Waals surface area contributed by atoms with E-state index in [1.807, 2.05) is 6.92 Å². The smallest absolute Gasteiger partial charge is 0.244 e. The maximum atomic E-state index is 11.8. The second kappa shape index (κ2) is 6.85. The minimum absolute atomic E-state index is 0.0969. The summed E-state index contributed by atoms with van der Waals surface area (Å²) in [6.07, 6.45) is 5.63. The summed E-state index contributed by atoms with van der Waals surface area (Å²) < 4.78 is 10.4. The largest absolute Gasteiger partial charge is 0.493 e. The monoisotopic (exact) mass is 309 g/mol. The molecule has 1 unspecified atom stereocenters. The average molecular weight is 310 g/mol. The lowest BCUT2D eigenvalue weighted by molar-refractivity contribution is -0.117. The average Bonchev–Trinajstić information content (AvgIpc) is 3.29. The highest BCUT2D eigenvalue weighted by Crippen LogP contribution is 2.36. The molecular weight excluding hydrogens is 290 g/mol. The second-order valence-electron chi connectivity index (χ2n) is 5.21. The summed E-state index contributed by atoms with van der Waals surface area (Å²) in [5.74, 6) is 1.57. The molecule has 0 aliphatic heterocycles.